The largest absolute Gasteiger partial charge is 0.369 e. The number of aryl methyl sites for hydroxylation is 1. The van der Waals surface area contributed by atoms with Crippen LogP contribution >= 0.6 is 0 Å². The maximum Gasteiger partial charge on any atom is 0.144 e. The molecule has 90 valence electrons. The van der Waals surface area contributed by atoms with Crippen LogP contribution in [0.5, 0.6) is 0 Å². The van der Waals surface area contributed by atoms with E-state index in [4.69, 9.17) is 5.26 Å². The zero-order chi connectivity index (χ0) is 13.0. The molecule has 0 aliphatic rings. The highest BCUT2D eigenvalue weighted by Gasteiger charge is 2.09. The van der Waals surface area contributed by atoms with Gasteiger partial charge in [0.15, 0.2) is 0 Å². The molecule has 18 heavy (non-hydrogen) atoms. The van der Waals surface area contributed by atoms with Gasteiger partial charge in [-0.15, -0.1) is 0 Å². The van der Waals surface area contributed by atoms with Gasteiger partial charge in [-0.3, -0.25) is 0 Å². The molecule has 2 aromatic rings. The van der Waals surface area contributed by atoms with Crippen molar-refractivity contribution >= 4 is 5.82 Å². The second-order valence-electron chi connectivity index (χ2n) is 4.06. The Morgan fingerprint density at radius 3 is 2.61 bits per heavy atom. The Bertz CT molecular complexity index is 583. The van der Waals surface area contributed by atoms with Crippen molar-refractivity contribution in [1.29, 1.82) is 5.26 Å². The van der Waals surface area contributed by atoms with E-state index in [0.717, 1.165) is 23.4 Å². The van der Waals surface area contributed by atoms with Gasteiger partial charge in [0, 0.05) is 12.1 Å². The molecule has 0 atom stereocenters. The summed E-state index contributed by atoms with van der Waals surface area (Å²) >= 11 is 0. The Morgan fingerprint density at radius 1 is 1.28 bits per heavy atom. The van der Waals surface area contributed by atoms with Crippen molar-refractivity contribution in [2.45, 2.75) is 13.8 Å². The smallest absolute Gasteiger partial charge is 0.144 e. The first-order valence-corrected chi connectivity index (χ1v) is 5.97. The number of nitrogens with zero attached hydrogens (tertiary/aromatic N) is 2. The average Bonchev–Trinajstić information content (AvgIpc) is 2.41. The summed E-state index contributed by atoms with van der Waals surface area (Å²) in [6.45, 7) is 4.72. The third-order valence-corrected chi connectivity index (χ3v) is 2.72. The molecule has 2 rings (SSSR count). The first-order chi connectivity index (χ1) is 8.76. The number of hydrogen-bond donors (Lipinski definition) is 1. The Hall–Kier alpha value is -2.34. The molecule has 1 heterocycles. The maximum absolute atomic E-state index is 9.10. The lowest BCUT2D eigenvalue weighted by Crippen LogP contribution is -2.04. The van der Waals surface area contributed by atoms with E-state index in [1.165, 1.54) is 0 Å². The summed E-state index contributed by atoms with van der Waals surface area (Å²) in [4.78, 5) is 4.57. The van der Waals surface area contributed by atoms with Gasteiger partial charge < -0.3 is 5.32 Å². The molecule has 3 nitrogen and oxygen atoms in total. The van der Waals surface area contributed by atoms with Crippen molar-refractivity contribution in [2.24, 2.45) is 0 Å². The molecular formula is C15H15N3. The summed E-state index contributed by atoms with van der Waals surface area (Å²) in [6.07, 6.45) is 0. The third-order valence-electron chi connectivity index (χ3n) is 2.72. The van der Waals surface area contributed by atoms with Crippen molar-refractivity contribution in [1.82, 2.24) is 4.98 Å². The first kappa shape index (κ1) is 12.1. The van der Waals surface area contributed by atoms with Crippen molar-refractivity contribution in [3.05, 3.63) is 47.5 Å². The predicted molar refractivity (Wildman–Crippen MR) is 73.3 cm³/mol. The van der Waals surface area contributed by atoms with Gasteiger partial charge in [0.05, 0.1) is 11.3 Å². The normalized spacial score (nSPS) is 9.83. The van der Waals surface area contributed by atoms with Gasteiger partial charge in [0.1, 0.15) is 11.9 Å². The van der Waals surface area contributed by atoms with Gasteiger partial charge in [-0.2, -0.15) is 5.26 Å². The number of benzene rings is 1. The molecule has 0 aliphatic carbocycles. The Kier molecular flexibility index (Phi) is 3.59. The van der Waals surface area contributed by atoms with Crippen LogP contribution in [0.15, 0.2) is 36.4 Å². The van der Waals surface area contributed by atoms with Gasteiger partial charge in [0.2, 0.25) is 0 Å². The monoisotopic (exact) mass is 237 g/mol. The summed E-state index contributed by atoms with van der Waals surface area (Å²) in [6, 6.07) is 14.1. The van der Waals surface area contributed by atoms with E-state index < -0.39 is 0 Å². The zero-order valence-electron chi connectivity index (χ0n) is 10.6. The van der Waals surface area contributed by atoms with Gasteiger partial charge in [-0.1, -0.05) is 30.3 Å². The van der Waals surface area contributed by atoms with Crippen molar-refractivity contribution < 1.29 is 0 Å². The van der Waals surface area contributed by atoms with Crippen LogP contribution in [0.25, 0.3) is 11.3 Å². The van der Waals surface area contributed by atoms with Gasteiger partial charge in [-0.25, -0.2) is 4.98 Å². The van der Waals surface area contributed by atoms with Crippen LogP contribution in [0.3, 0.4) is 0 Å². The molecule has 1 aromatic heterocycles. The summed E-state index contributed by atoms with van der Waals surface area (Å²) in [7, 11) is 0. The quantitative estimate of drug-likeness (QED) is 0.890. The number of hydrogen-bond acceptors (Lipinski definition) is 3. The number of rotatable bonds is 3. The molecule has 1 N–H and O–H groups in total. The van der Waals surface area contributed by atoms with Gasteiger partial charge >= 0.3 is 0 Å². The average molecular weight is 237 g/mol. The minimum atomic E-state index is 0.592. The summed E-state index contributed by atoms with van der Waals surface area (Å²) < 4.78 is 0. The SMILES string of the molecule is CCNc1nc(-c2ccccc2)c(C)cc1C#N. The van der Waals surface area contributed by atoms with E-state index in [1.54, 1.807) is 0 Å². The van der Waals surface area contributed by atoms with E-state index in [-0.39, 0.29) is 0 Å². The number of aromatic nitrogens is 1. The van der Waals surface area contributed by atoms with E-state index in [1.807, 2.05) is 50.2 Å². The molecule has 0 saturated carbocycles. The lowest BCUT2D eigenvalue weighted by molar-refractivity contribution is 1.14. The minimum Gasteiger partial charge on any atom is -0.369 e. The van der Waals surface area contributed by atoms with Crippen molar-refractivity contribution in [3.63, 3.8) is 0 Å². The molecule has 1 aromatic carbocycles. The van der Waals surface area contributed by atoms with Crippen LogP contribution in [0, 0.1) is 18.3 Å². The molecule has 0 radical (unpaired) electrons. The number of anilines is 1. The van der Waals surface area contributed by atoms with E-state index in [9.17, 15) is 0 Å². The first-order valence-electron chi connectivity index (χ1n) is 5.97. The van der Waals surface area contributed by atoms with Crippen LogP contribution in [0.2, 0.25) is 0 Å². The van der Waals surface area contributed by atoms with Crippen LogP contribution in [0.4, 0.5) is 5.82 Å². The third kappa shape index (κ3) is 2.33. The molecule has 3 heteroatoms. The lowest BCUT2D eigenvalue weighted by atomic mass is 10.0. The topological polar surface area (TPSA) is 48.7 Å². The highest BCUT2D eigenvalue weighted by Crippen LogP contribution is 2.25. The number of nitrogens with one attached hydrogen (secondary N) is 1. The second-order valence-corrected chi connectivity index (χ2v) is 4.06. The highest BCUT2D eigenvalue weighted by molar-refractivity contribution is 5.68. The number of nitriles is 1. The molecular weight excluding hydrogens is 222 g/mol. The summed E-state index contributed by atoms with van der Waals surface area (Å²) in [5.74, 6) is 0.657. The summed E-state index contributed by atoms with van der Waals surface area (Å²) in [5.41, 5.74) is 3.60. The molecule has 0 bridgehead atoms. The fourth-order valence-corrected chi connectivity index (χ4v) is 1.89. The fraction of sp³-hybridized carbons (Fsp3) is 0.200. The zero-order valence-corrected chi connectivity index (χ0v) is 10.6. The molecule has 0 fully saturated rings. The Balaban J connectivity index is 2.56. The Morgan fingerprint density at radius 2 is 2.00 bits per heavy atom. The Labute approximate surface area is 107 Å². The fourth-order valence-electron chi connectivity index (χ4n) is 1.89. The second kappa shape index (κ2) is 5.33. The molecule has 0 aliphatic heterocycles. The molecule has 0 amide bonds. The minimum absolute atomic E-state index is 0.592. The summed E-state index contributed by atoms with van der Waals surface area (Å²) in [5, 5.41) is 12.2. The molecule has 0 spiro atoms. The standard InChI is InChI=1S/C15H15N3/c1-3-17-15-13(10-16)9-11(2)14(18-15)12-7-5-4-6-8-12/h4-9H,3H2,1-2H3,(H,17,18). The van der Waals surface area contributed by atoms with E-state index in [2.05, 4.69) is 16.4 Å². The lowest BCUT2D eigenvalue weighted by Gasteiger charge is -2.10. The van der Waals surface area contributed by atoms with Crippen molar-refractivity contribution in [3.8, 4) is 17.3 Å². The maximum atomic E-state index is 9.10. The van der Waals surface area contributed by atoms with E-state index >= 15 is 0 Å². The van der Waals surface area contributed by atoms with E-state index in [0.29, 0.717) is 11.4 Å². The molecule has 0 unspecified atom stereocenters. The van der Waals surface area contributed by atoms with Gasteiger partial charge in [-0.05, 0) is 25.5 Å². The predicted octanol–water partition coefficient (Wildman–Crippen LogP) is 3.36. The van der Waals surface area contributed by atoms with Crippen LogP contribution in [-0.2, 0) is 0 Å². The highest BCUT2D eigenvalue weighted by atomic mass is 15.0. The van der Waals surface area contributed by atoms with Crippen molar-refractivity contribution in [2.75, 3.05) is 11.9 Å². The van der Waals surface area contributed by atoms with Gasteiger partial charge in [0.25, 0.3) is 0 Å². The number of pyridine rings is 1. The van der Waals surface area contributed by atoms with Crippen LogP contribution in [0.1, 0.15) is 18.1 Å². The van der Waals surface area contributed by atoms with Crippen LogP contribution < -0.4 is 5.32 Å². The van der Waals surface area contributed by atoms with Crippen LogP contribution in [-0.4, -0.2) is 11.5 Å². The molecule has 0 saturated heterocycles.